The molecule has 5 rings (SSSR count). The van der Waals surface area contributed by atoms with Crippen LogP contribution in [0.3, 0.4) is 0 Å². The summed E-state index contributed by atoms with van der Waals surface area (Å²) in [5, 5.41) is 6.77. The average molecular weight is 467 g/mol. The summed E-state index contributed by atoms with van der Waals surface area (Å²) in [5.41, 5.74) is 8.03. The highest BCUT2D eigenvalue weighted by atomic mass is 14.9. The standard InChI is InChI=1S/C32H26N4/c1-3-10-29(11-4-1)35-31-18-14-27(15-19-31)33-23-25-8-7-9-26(22-25)24-34-28-16-20-32(21-17-28)36-30-12-5-2-6-13-30/h1-24,35-36H. The molecule has 4 heteroatoms. The van der Waals surface area contributed by atoms with E-state index in [1.165, 1.54) is 0 Å². The van der Waals surface area contributed by atoms with Crippen LogP contribution in [-0.2, 0) is 0 Å². The lowest BCUT2D eigenvalue weighted by Gasteiger charge is -2.06. The first-order valence-electron chi connectivity index (χ1n) is 11.8. The van der Waals surface area contributed by atoms with Gasteiger partial charge in [-0.05, 0) is 90.0 Å². The van der Waals surface area contributed by atoms with E-state index in [2.05, 4.69) is 26.7 Å². The molecule has 0 saturated heterocycles. The van der Waals surface area contributed by atoms with Gasteiger partial charge in [-0.15, -0.1) is 0 Å². The molecular weight excluding hydrogens is 440 g/mol. The Morgan fingerprint density at radius 2 is 0.778 bits per heavy atom. The van der Waals surface area contributed by atoms with Crippen molar-refractivity contribution in [2.75, 3.05) is 10.6 Å². The predicted octanol–water partition coefficient (Wildman–Crippen LogP) is 8.68. The molecule has 0 aliphatic rings. The van der Waals surface area contributed by atoms with Crippen LogP contribution in [0.15, 0.2) is 143 Å². The van der Waals surface area contributed by atoms with E-state index in [0.717, 1.165) is 45.3 Å². The molecule has 2 N–H and O–H groups in total. The van der Waals surface area contributed by atoms with E-state index in [1.807, 2.05) is 140 Å². The summed E-state index contributed by atoms with van der Waals surface area (Å²) in [4.78, 5) is 9.25. The molecule has 0 atom stereocenters. The van der Waals surface area contributed by atoms with E-state index < -0.39 is 0 Å². The molecule has 0 fully saturated rings. The largest absolute Gasteiger partial charge is 0.356 e. The Balaban J connectivity index is 1.19. The minimum absolute atomic E-state index is 0.900. The summed E-state index contributed by atoms with van der Waals surface area (Å²) in [6.07, 6.45) is 3.75. The number of hydrogen-bond donors (Lipinski definition) is 2. The molecule has 5 aromatic rings. The Morgan fingerprint density at radius 3 is 1.19 bits per heavy atom. The quantitative estimate of drug-likeness (QED) is 0.225. The number of rotatable bonds is 8. The number of anilines is 4. The summed E-state index contributed by atoms with van der Waals surface area (Å²) >= 11 is 0. The lowest BCUT2D eigenvalue weighted by molar-refractivity contribution is 1.49. The van der Waals surface area contributed by atoms with E-state index in [1.54, 1.807) is 0 Å². The number of nitrogens with one attached hydrogen (secondary N) is 2. The van der Waals surface area contributed by atoms with Gasteiger partial charge in [0, 0.05) is 35.2 Å². The van der Waals surface area contributed by atoms with Crippen LogP contribution in [0.4, 0.5) is 34.1 Å². The first-order chi connectivity index (χ1) is 17.8. The fourth-order valence-corrected chi connectivity index (χ4v) is 3.66. The highest BCUT2D eigenvalue weighted by Crippen LogP contribution is 2.21. The lowest BCUT2D eigenvalue weighted by atomic mass is 10.1. The number of hydrogen-bond acceptors (Lipinski definition) is 4. The van der Waals surface area contributed by atoms with Crippen molar-refractivity contribution in [1.29, 1.82) is 0 Å². The van der Waals surface area contributed by atoms with E-state index >= 15 is 0 Å². The summed E-state index contributed by atoms with van der Waals surface area (Å²) in [5.74, 6) is 0. The number of benzene rings is 5. The number of aliphatic imine (C=N–C) groups is 2. The van der Waals surface area contributed by atoms with Crippen LogP contribution in [0, 0.1) is 0 Å². The second-order valence-corrected chi connectivity index (χ2v) is 8.26. The maximum atomic E-state index is 4.62. The Labute approximate surface area is 211 Å². The first kappa shape index (κ1) is 22.8. The van der Waals surface area contributed by atoms with Gasteiger partial charge in [0.05, 0.1) is 11.4 Å². The molecule has 5 aromatic carbocycles. The van der Waals surface area contributed by atoms with Crippen LogP contribution in [0.1, 0.15) is 11.1 Å². The van der Waals surface area contributed by atoms with Gasteiger partial charge in [-0.3, -0.25) is 9.98 Å². The normalized spacial score (nSPS) is 11.1. The molecule has 0 unspecified atom stereocenters. The SMILES string of the molecule is C(=Nc1ccc(Nc2ccccc2)cc1)c1cccc(C=Nc2ccc(Nc3ccccc3)cc2)c1. The van der Waals surface area contributed by atoms with Gasteiger partial charge in [-0.25, -0.2) is 0 Å². The third kappa shape index (κ3) is 6.55. The minimum Gasteiger partial charge on any atom is -0.356 e. The topological polar surface area (TPSA) is 48.8 Å². The molecule has 36 heavy (non-hydrogen) atoms. The predicted molar refractivity (Wildman–Crippen MR) is 153 cm³/mol. The lowest BCUT2D eigenvalue weighted by Crippen LogP contribution is -1.89. The summed E-state index contributed by atoms with van der Waals surface area (Å²) in [6, 6.07) is 44.5. The molecule has 174 valence electrons. The first-order valence-corrected chi connectivity index (χ1v) is 11.8. The average Bonchev–Trinajstić information content (AvgIpc) is 2.94. The zero-order valence-corrected chi connectivity index (χ0v) is 19.8. The van der Waals surface area contributed by atoms with Crippen LogP contribution < -0.4 is 10.6 Å². The Morgan fingerprint density at radius 1 is 0.389 bits per heavy atom. The minimum atomic E-state index is 0.900. The van der Waals surface area contributed by atoms with Crippen molar-refractivity contribution in [3.63, 3.8) is 0 Å². The number of para-hydroxylation sites is 2. The fourth-order valence-electron chi connectivity index (χ4n) is 3.66. The van der Waals surface area contributed by atoms with Crippen molar-refractivity contribution in [3.8, 4) is 0 Å². The molecular formula is C32H26N4. The second kappa shape index (κ2) is 11.4. The van der Waals surface area contributed by atoms with Crippen molar-refractivity contribution in [3.05, 3.63) is 145 Å². The van der Waals surface area contributed by atoms with Gasteiger partial charge in [0.15, 0.2) is 0 Å². The van der Waals surface area contributed by atoms with Crippen LogP contribution in [0.2, 0.25) is 0 Å². The van der Waals surface area contributed by atoms with Crippen molar-refractivity contribution >= 4 is 46.6 Å². The summed E-state index contributed by atoms with van der Waals surface area (Å²) in [6.45, 7) is 0. The molecule has 0 radical (unpaired) electrons. The molecule has 0 aliphatic carbocycles. The third-order valence-electron chi connectivity index (χ3n) is 5.50. The zero-order chi connectivity index (χ0) is 24.4. The highest BCUT2D eigenvalue weighted by Gasteiger charge is 1.97. The zero-order valence-electron chi connectivity index (χ0n) is 19.8. The van der Waals surface area contributed by atoms with Crippen LogP contribution >= 0.6 is 0 Å². The fraction of sp³-hybridized carbons (Fsp3) is 0. The molecule has 0 aromatic heterocycles. The van der Waals surface area contributed by atoms with E-state index in [4.69, 9.17) is 0 Å². The molecule has 0 saturated carbocycles. The Hall–Kier alpha value is -4.96. The van der Waals surface area contributed by atoms with Crippen LogP contribution in [0.5, 0.6) is 0 Å². The van der Waals surface area contributed by atoms with Gasteiger partial charge >= 0.3 is 0 Å². The van der Waals surface area contributed by atoms with Crippen molar-refractivity contribution in [2.45, 2.75) is 0 Å². The van der Waals surface area contributed by atoms with Gasteiger partial charge in [0.1, 0.15) is 0 Å². The summed E-state index contributed by atoms with van der Waals surface area (Å²) < 4.78 is 0. The molecule has 0 heterocycles. The molecule has 0 aliphatic heterocycles. The highest BCUT2D eigenvalue weighted by molar-refractivity contribution is 5.88. The van der Waals surface area contributed by atoms with Gasteiger partial charge in [-0.2, -0.15) is 0 Å². The maximum absolute atomic E-state index is 4.62. The molecule has 4 nitrogen and oxygen atoms in total. The van der Waals surface area contributed by atoms with Gasteiger partial charge in [0.2, 0.25) is 0 Å². The Bertz CT molecular complexity index is 1330. The Kier molecular flexibility index (Phi) is 7.26. The van der Waals surface area contributed by atoms with Gasteiger partial charge in [0.25, 0.3) is 0 Å². The van der Waals surface area contributed by atoms with Gasteiger partial charge < -0.3 is 10.6 Å². The molecule has 0 spiro atoms. The monoisotopic (exact) mass is 466 g/mol. The summed E-state index contributed by atoms with van der Waals surface area (Å²) in [7, 11) is 0. The third-order valence-corrected chi connectivity index (χ3v) is 5.50. The second-order valence-electron chi connectivity index (χ2n) is 8.26. The van der Waals surface area contributed by atoms with Crippen LogP contribution in [0.25, 0.3) is 0 Å². The van der Waals surface area contributed by atoms with E-state index in [9.17, 15) is 0 Å². The van der Waals surface area contributed by atoms with Crippen molar-refractivity contribution < 1.29 is 0 Å². The molecule has 0 amide bonds. The van der Waals surface area contributed by atoms with Crippen molar-refractivity contribution in [2.24, 2.45) is 9.98 Å². The van der Waals surface area contributed by atoms with Gasteiger partial charge in [-0.1, -0.05) is 54.6 Å². The van der Waals surface area contributed by atoms with Crippen molar-refractivity contribution in [1.82, 2.24) is 0 Å². The maximum Gasteiger partial charge on any atom is 0.0631 e. The smallest absolute Gasteiger partial charge is 0.0631 e. The molecule has 0 bridgehead atoms. The number of nitrogens with zero attached hydrogens (tertiary/aromatic N) is 2. The van der Waals surface area contributed by atoms with E-state index in [-0.39, 0.29) is 0 Å². The van der Waals surface area contributed by atoms with Crippen LogP contribution in [-0.4, -0.2) is 12.4 Å². The van der Waals surface area contributed by atoms with E-state index in [0.29, 0.717) is 0 Å².